The second kappa shape index (κ2) is 3.77. The summed E-state index contributed by atoms with van der Waals surface area (Å²) in [6.07, 6.45) is 9.64. The van der Waals surface area contributed by atoms with Gasteiger partial charge in [0.05, 0.1) is 11.7 Å². The molecule has 1 aliphatic rings. The molecule has 0 unspecified atom stereocenters. The quantitative estimate of drug-likeness (QED) is 0.807. The third-order valence-corrected chi connectivity index (χ3v) is 3.83. The summed E-state index contributed by atoms with van der Waals surface area (Å²) >= 11 is 0. The molecular weight excluding hydrogens is 214 g/mol. The first-order valence-electron chi connectivity index (χ1n) is 6.13. The molecule has 5 heteroatoms. The molecule has 17 heavy (non-hydrogen) atoms. The summed E-state index contributed by atoms with van der Waals surface area (Å²) in [6.45, 7) is 2.28. The Morgan fingerprint density at radius 3 is 2.88 bits per heavy atom. The first kappa shape index (κ1) is 10.7. The minimum Gasteiger partial charge on any atom is -0.319 e. The molecule has 0 saturated heterocycles. The maximum Gasteiger partial charge on any atom is 0.179 e. The molecular formula is C12H17N5. The molecule has 3 rings (SSSR count). The van der Waals surface area contributed by atoms with Crippen molar-refractivity contribution >= 4 is 5.65 Å². The van der Waals surface area contributed by atoms with E-state index in [1.165, 1.54) is 0 Å². The average Bonchev–Trinajstić information content (AvgIpc) is 2.78. The van der Waals surface area contributed by atoms with Crippen LogP contribution in [-0.2, 0) is 5.54 Å². The Labute approximate surface area is 100 Å². The van der Waals surface area contributed by atoms with E-state index in [0.717, 1.165) is 43.1 Å². The van der Waals surface area contributed by atoms with Crippen molar-refractivity contribution in [1.29, 1.82) is 0 Å². The zero-order chi connectivity index (χ0) is 11.9. The van der Waals surface area contributed by atoms with Crippen LogP contribution in [0.4, 0.5) is 0 Å². The molecule has 5 nitrogen and oxygen atoms in total. The highest BCUT2D eigenvalue weighted by molar-refractivity contribution is 5.35. The van der Waals surface area contributed by atoms with Crippen LogP contribution < -0.4 is 5.73 Å². The molecule has 0 radical (unpaired) electrons. The largest absolute Gasteiger partial charge is 0.319 e. The number of fused-ring (bicyclic) bond motifs is 1. The van der Waals surface area contributed by atoms with E-state index < -0.39 is 0 Å². The second-order valence-electron chi connectivity index (χ2n) is 5.17. The maximum atomic E-state index is 6.51. The Kier molecular flexibility index (Phi) is 2.36. The van der Waals surface area contributed by atoms with E-state index in [2.05, 4.69) is 22.1 Å². The van der Waals surface area contributed by atoms with Crippen molar-refractivity contribution in [3.8, 4) is 0 Å². The van der Waals surface area contributed by atoms with Gasteiger partial charge >= 0.3 is 0 Å². The van der Waals surface area contributed by atoms with Crippen LogP contribution in [0.25, 0.3) is 5.65 Å². The Morgan fingerprint density at radius 1 is 1.35 bits per heavy atom. The molecule has 1 aliphatic carbocycles. The lowest BCUT2D eigenvalue weighted by molar-refractivity contribution is 0.235. The van der Waals surface area contributed by atoms with Crippen molar-refractivity contribution in [3.63, 3.8) is 0 Å². The summed E-state index contributed by atoms with van der Waals surface area (Å²) in [4.78, 5) is 4.04. The van der Waals surface area contributed by atoms with Gasteiger partial charge in [-0.2, -0.15) is 0 Å². The number of hydrogen-bond acceptors (Lipinski definition) is 4. The summed E-state index contributed by atoms with van der Waals surface area (Å²) in [5.74, 6) is 1.65. The van der Waals surface area contributed by atoms with Gasteiger partial charge in [-0.05, 0) is 31.6 Å². The van der Waals surface area contributed by atoms with Crippen LogP contribution in [0.3, 0.4) is 0 Å². The van der Waals surface area contributed by atoms with Crippen molar-refractivity contribution in [1.82, 2.24) is 19.6 Å². The Bertz CT molecular complexity index is 524. The molecule has 0 aromatic carbocycles. The highest BCUT2D eigenvalue weighted by atomic mass is 15.3. The van der Waals surface area contributed by atoms with Gasteiger partial charge in [0, 0.05) is 12.4 Å². The lowest BCUT2D eigenvalue weighted by Gasteiger charge is -2.34. The SMILES string of the molecule is CC1CCC(N)(c2nnc3cnccn23)CC1. The van der Waals surface area contributed by atoms with Gasteiger partial charge in [0.2, 0.25) is 0 Å². The predicted molar refractivity (Wildman–Crippen MR) is 64.3 cm³/mol. The van der Waals surface area contributed by atoms with Crippen molar-refractivity contribution in [2.45, 2.75) is 38.1 Å². The van der Waals surface area contributed by atoms with Gasteiger partial charge in [0.1, 0.15) is 0 Å². The summed E-state index contributed by atoms with van der Waals surface area (Å²) in [5.41, 5.74) is 6.95. The van der Waals surface area contributed by atoms with Crippen LogP contribution in [-0.4, -0.2) is 19.6 Å². The molecule has 1 saturated carbocycles. The molecule has 90 valence electrons. The zero-order valence-electron chi connectivity index (χ0n) is 10.0. The van der Waals surface area contributed by atoms with Crippen LogP contribution in [0.5, 0.6) is 0 Å². The van der Waals surface area contributed by atoms with E-state index in [1.807, 2.05) is 10.6 Å². The number of rotatable bonds is 1. The van der Waals surface area contributed by atoms with Gasteiger partial charge in [0.15, 0.2) is 11.5 Å². The highest BCUT2D eigenvalue weighted by Crippen LogP contribution is 2.36. The number of hydrogen-bond donors (Lipinski definition) is 1. The monoisotopic (exact) mass is 231 g/mol. The molecule has 0 atom stereocenters. The highest BCUT2D eigenvalue weighted by Gasteiger charge is 2.35. The third kappa shape index (κ3) is 1.70. The topological polar surface area (TPSA) is 69.1 Å². The minimum atomic E-state index is -0.326. The fraction of sp³-hybridized carbons (Fsp3) is 0.583. The van der Waals surface area contributed by atoms with E-state index >= 15 is 0 Å². The van der Waals surface area contributed by atoms with Crippen LogP contribution in [0, 0.1) is 5.92 Å². The van der Waals surface area contributed by atoms with Gasteiger partial charge in [-0.25, -0.2) is 0 Å². The lowest BCUT2D eigenvalue weighted by Crippen LogP contribution is -2.41. The standard InChI is InChI=1S/C12H17N5/c1-9-2-4-12(13,5-3-9)11-16-15-10-8-14-6-7-17(10)11/h6-9H,2-5,13H2,1H3. The summed E-state index contributed by atoms with van der Waals surface area (Å²) in [5, 5.41) is 8.39. The molecule has 0 amide bonds. The maximum absolute atomic E-state index is 6.51. The van der Waals surface area contributed by atoms with E-state index in [1.54, 1.807) is 12.4 Å². The smallest absolute Gasteiger partial charge is 0.179 e. The fourth-order valence-corrected chi connectivity index (χ4v) is 2.59. The van der Waals surface area contributed by atoms with Crippen molar-refractivity contribution < 1.29 is 0 Å². The van der Waals surface area contributed by atoms with Crippen molar-refractivity contribution in [3.05, 3.63) is 24.4 Å². The summed E-state index contributed by atoms with van der Waals surface area (Å²) < 4.78 is 1.96. The molecule has 0 aliphatic heterocycles. The Balaban J connectivity index is 2.03. The van der Waals surface area contributed by atoms with E-state index in [9.17, 15) is 0 Å². The van der Waals surface area contributed by atoms with Gasteiger partial charge in [-0.1, -0.05) is 6.92 Å². The minimum absolute atomic E-state index is 0.326. The van der Waals surface area contributed by atoms with Gasteiger partial charge < -0.3 is 5.73 Å². The average molecular weight is 231 g/mol. The molecule has 2 N–H and O–H groups in total. The third-order valence-electron chi connectivity index (χ3n) is 3.83. The zero-order valence-corrected chi connectivity index (χ0v) is 10.0. The van der Waals surface area contributed by atoms with Crippen LogP contribution in [0.2, 0.25) is 0 Å². The summed E-state index contributed by atoms with van der Waals surface area (Å²) in [7, 11) is 0. The van der Waals surface area contributed by atoms with Crippen molar-refractivity contribution in [2.24, 2.45) is 11.7 Å². The summed E-state index contributed by atoms with van der Waals surface area (Å²) in [6, 6.07) is 0. The van der Waals surface area contributed by atoms with Gasteiger partial charge in [-0.15, -0.1) is 10.2 Å². The van der Waals surface area contributed by atoms with Crippen LogP contribution in [0.1, 0.15) is 38.4 Å². The first-order valence-corrected chi connectivity index (χ1v) is 6.13. The number of nitrogens with two attached hydrogens (primary N) is 1. The Morgan fingerprint density at radius 2 is 2.12 bits per heavy atom. The normalized spacial score (nSPS) is 29.6. The first-order chi connectivity index (χ1) is 8.19. The molecule has 0 bridgehead atoms. The van der Waals surface area contributed by atoms with Crippen LogP contribution >= 0.6 is 0 Å². The molecule has 2 aromatic heterocycles. The van der Waals surface area contributed by atoms with Gasteiger partial charge in [-0.3, -0.25) is 9.38 Å². The van der Waals surface area contributed by atoms with E-state index in [0.29, 0.717) is 0 Å². The fourth-order valence-electron chi connectivity index (χ4n) is 2.59. The number of nitrogens with zero attached hydrogens (tertiary/aromatic N) is 4. The molecule has 0 spiro atoms. The van der Waals surface area contributed by atoms with E-state index in [4.69, 9.17) is 5.73 Å². The second-order valence-corrected chi connectivity index (χ2v) is 5.17. The molecule has 2 aromatic rings. The predicted octanol–water partition coefficient (Wildman–Crippen LogP) is 1.49. The Hall–Kier alpha value is -1.49. The van der Waals surface area contributed by atoms with Crippen molar-refractivity contribution in [2.75, 3.05) is 0 Å². The van der Waals surface area contributed by atoms with Crippen LogP contribution in [0.15, 0.2) is 18.6 Å². The molecule has 1 fully saturated rings. The lowest BCUT2D eigenvalue weighted by atomic mass is 9.77. The van der Waals surface area contributed by atoms with Gasteiger partial charge in [0.25, 0.3) is 0 Å². The number of aromatic nitrogens is 4. The molecule has 2 heterocycles. The van der Waals surface area contributed by atoms with E-state index in [-0.39, 0.29) is 5.54 Å².